The lowest BCUT2D eigenvalue weighted by Crippen LogP contribution is -2.49. The average molecular weight is 341 g/mol. The van der Waals surface area contributed by atoms with Crippen LogP contribution in [0.3, 0.4) is 0 Å². The van der Waals surface area contributed by atoms with Gasteiger partial charge in [0, 0.05) is 49.3 Å². The Morgan fingerprint density at radius 1 is 1.08 bits per heavy atom. The van der Waals surface area contributed by atoms with Crippen LogP contribution < -0.4 is 0 Å². The molecule has 0 atom stereocenters. The lowest BCUT2D eigenvalue weighted by molar-refractivity contribution is 0.0626. The maximum atomic E-state index is 13.6. The van der Waals surface area contributed by atoms with E-state index in [0.29, 0.717) is 0 Å². The summed E-state index contributed by atoms with van der Waals surface area (Å²) < 4.78 is 15.5. The third-order valence-corrected chi connectivity index (χ3v) is 5.39. The molecular formula is C20H24FN3O. The van der Waals surface area contributed by atoms with Crippen molar-refractivity contribution in [2.24, 2.45) is 0 Å². The zero-order valence-corrected chi connectivity index (χ0v) is 14.8. The first-order chi connectivity index (χ1) is 12.0. The van der Waals surface area contributed by atoms with Crippen LogP contribution >= 0.6 is 0 Å². The Kier molecular flexibility index (Phi) is 4.12. The molecule has 1 aromatic carbocycles. The van der Waals surface area contributed by atoms with Gasteiger partial charge in [-0.15, -0.1) is 0 Å². The fourth-order valence-corrected chi connectivity index (χ4v) is 3.89. The second-order valence-electron chi connectivity index (χ2n) is 7.16. The Bertz CT molecular complexity index is 801. The van der Waals surface area contributed by atoms with E-state index in [-0.39, 0.29) is 11.7 Å². The van der Waals surface area contributed by atoms with Crippen molar-refractivity contribution < 1.29 is 9.18 Å². The number of carbonyl (C=O) groups is 1. The molecule has 4 rings (SSSR count). The van der Waals surface area contributed by atoms with E-state index in [1.807, 2.05) is 35.4 Å². The second-order valence-corrected chi connectivity index (χ2v) is 7.16. The van der Waals surface area contributed by atoms with Gasteiger partial charge in [-0.25, -0.2) is 4.39 Å². The van der Waals surface area contributed by atoms with Crippen molar-refractivity contribution in [2.75, 3.05) is 26.2 Å². The van der Waals surface area contributed by atoms with Crippen LogP contribution in [-0.2, 0) is 0 Å². The molecule has 0 spiro atoms. The lowest BCUT2D eigenvalue weighted by Gasteiger charge is -2.34. The molecule has 2 fully saturated rings. The molecule has 5 heteroatoms. The van der Waals surface area contributed by atoms with Crippen LogP contribution in [0, 0.1) is 19.7 Å². The first-order valence-electron chi connectivity index (χ1n) is 9.03. The molecule has 25 heavy (non-hydrogen) atoms. The number of rotatable bonds is 3. The SMILES string of the molecule is Cc1cc(C(=O)N2CCN(C3CC3)CC2)c(C)n1-c1cccc(F)c1. The monoisotopic (exact) mass is 341 g/mol. The Balaban J connectivity index is 1.56. The Hall–Kier alpha value is -2.14. The predicted octanol–water partition coefficient (Wildman–Crippen LogP) is 3.15. The molecule has 1 aliphatic heterocycles. The highest BCUT2D eigenvalue weighted by Gasteiger charge is 2.33. The Morgan fingerprint density at radius 2 is 1.80 bits per heavy atom. The summed E-state index contributed by atoms with van der Waals surface area (Å²) in [5, 5.41) is 0. The van der Waals surface area contributed by atoms with Gasteiger partial charge in [0.05, 0.1) is 5.56 Å². The molecule has 2 heterocycles. The van der Waals surface area contributed by atoms with Crippen molar-refractivity contribution >= 4 is 5.91 Å². The van der Waals surface area contributed by atoms with E-state index >= 15 is 0 Å². The minimum atomic E-state index is -0.269. The highest BCUT2D eigenvalue weighted by atomic mass is 19.1. The van der Waals surface area contributed by atoms with Crippen molar-refractivity contribution in [3.05, 3.63) is 53.1 Å². The van der Waals surface area contributed by atoms with Crippen LogP contribution in [-0.4, -0.2) is 52.5 Å². The number of amides is 1. The number of nitrogens with zero attached hydrogens (tertiary/aromatic N) is 3. The van der Waals surface area contributed by atoms with E-state index in [4.69, 9.17) is 0 Å². The van der Waals surface area contributed by atoms with Gasteiger partial charge in [-0.1, -0.05) is 6.07 Å². The van der Waals surface area contributed by atoms with Crippen molar-refractivity contribution in [1.82, 2.24) is 14.4 Å². The van der Waals surface area contributed by atoms with E-state index < -0.39 is 0 Å². The molecule has 2 aromatic rings. The van der Waals surface area contributed by atoms with E-state index in [1.165, 1.54) is 25.0 Å². The third kappa shape index (κ3) is 3.09. The van der Waals surface area contributed by atoms with Gasteiger partial charge in [-0.2, -0.15) is 0 Å². The van der Waals surface area contributed by atoms with E-state index in [1.54, 1.807) is 6.07 Å². The fourth-order valence-electron chi connectivity index (χ4n) is 3.89. The van der Waals surface area contributed by atoms with Gasteiger partial charge in [-0.05, 0) is 51.0 Å². The maximum Gasteiger partial charge on any atom is 0.255 e. The smallest absolute Gasteiger partial charge is 0.255 e. The Morgan fingerprint density at radius 3 is 2.44 bits per heavy atom. The quantitative estimate of drug-likeness (QED) is 0.858. The number of hydrogen-bond acceptors (Lipinski definition) is 2. The van der Waals surface area contributed by atoms with Crippen molar-refractivity contribution in [3.8, 4) is 5.69 Å². The summed E-state index contributed by atoms with van der Waals surface area (Å²) in [6.45, 7) is 7.42. The summed E-state index contributed by atoms with van der Waals surface area (Å²) in [6, 6.07) is 9.19. The molecule has 0 bridgehead atoms. The molecule has 2 aliphatic rings. The topological polar surface area (TPSA) is 28.5 Å². The molecule has 1 amide bonds. The zero-order chi connectivity index (χ0) is 17.6. The first-order valence-corrected chi connectivity index (χ1v) is 9.03. The number of carbonyl (C=O) groups excluding carboxylic acids is 1. The second kappa shape index (κ2) is 6.30. The highest BCUT2D eigenvalue weighted by Crippen LogP contribution is 2.28. The van der Waals surface area contributed by atoms with Crippen LogP contribution in [0.25, 0.3) is 5.69 Å². The summed E-state index contributed by atoms with van der Waals surface area (Å²) in [6.07, 6.45) is 2.62. The fraction of sp³-hybridized carbons (Fsp3) is 0.450. The van der Waals surface area contributed by atoms with Crippen LogP contribution in [0.1, 0.15) is 34.6 Å². The van der Waals surface area contributed by atoms with Gasteiger partial charge >= 0.3 is 0 Å². The van der Waals surface area contributed by atoms with E-state index in [0.717, 1.165) is 54.9 Å². The van der Waals surface area contributed by atoms with Crippen LogP contribution in [0.4, 0.5) is 4.39 Å². The number of halogens is 1. The summed E-state index contributed by atoms with van der Waals surface area (Å²) in [4.78, 5) is 17.5. The zero-order valence-electron chi connectivity index (χ0n) is 14.8. The van der Waals surface area contributed by atoms with Gasteiger partial charge in [0.2, 0.25) is 0 Å². The molecular weight excluding hydrogens is 317 g/mol. The first kappa shape index (κ1) is 16.3. The minimum absolute atomic E-state index is 0.0891. The van der Waals surface area contributed by atoms with Crippen LogP contribution in [0.2, 0.25) is 0 Å². The summed E-state index contributed by atoms with van der Waals surface area (Å²) in [7, 11) is 0. The molecule has 0 unspecified atom stereocenters. The molecule has 1 saturated heterocycles. The van der Waals surface area contributed by atoms with Gasteiger partial charge < -0.3 is 9.47 Å². The molecule has 1 saturated carbocycles. The minimum Gasteiger partial charge on any atom is -0.336 e. The van der Waals surface area contributed by atoms with Gasteiger partial charge in [0.25, 0.3) is 5.91 Å². The molecule has 1 aliphatic carbocycles. The lowest BCUT2D eigenvalue weighted by atomic mass is 10.2. The number of piperazine rings is 1. The third-order valence-electron chi connectivity index (χ3n) is 5.39. The van der Waals surface area contributed by atoms with Crippen molar-refractivity contribution in [2.45, 2.75) is 32.7 Å². The van der Waals surface area contributed by atoms with Gasteiger partial charge in [0.1, 0.15) is 5.82 Å². The van der Waals surface area contributed by atoms with Gasteiger partial charge in [0.15, 0.2) is 0 Å². The van der Waals surface area contributed by atoms with Crippen LogP contribution in [0.15, 0.2) is 30.3 Å². The number of hydrogen-bond donors (Lipinski definition) is 0. The average Bonchev–Trinajstić information content (AvgIpc) is 3.40. The number of aromatic nitrogens is 1. The maximum absolute atomic E-state index is 13.6. The molecule has 132 valence electrons. The number of aryl methyl sites for hydroxylation is 1. The summed E-state index contributed by atoms with van der Waals surface area (Å²) in [5.74, 6) is -0.180. The van der Waals surface area contributed by atoms with Crippen molar-refractivity contribution in [1.29, 1.82) is 0 Å². The molecule has 4 nitrogen and oxygen atoms in total. The largest absolute Gasteiger partial charge is 0.336 e. The molecule has 0 N–H and O–H groups in total. The molecule has 0 radical (unpaired) electrons. The normalized spacial score (nSPS) is 18.6. The van der Waals surface area contributed by atoms with E-state index in [9.17, 15) is 9.18 Å². The van der Waals surface area contributed by atoms with Crippen molar-refractivity contribution in [3.63, 3.8) is 0 Å². The highest BCUT2D eigenvalue weighted by molar-refractivity contribution is 5.96. The molecule has 1 aromatic heterocycles. The summed E-state index contributed by atoms with van der Waals surface area (Å²) >= 11 is 0. The standard InChI is InChI=1S/C20H24FN3O/c1-14-12-19(15(2)24(14)18-5-3-4-16(21)13-18)20(25)23-10-8-22(9-11-23)17-6-7-17/h3-5,12-13,17H,6-11H2,1-2H3. The van der Waals surface area contributed by atoms with Crippen LogP contribution in [0.5, 0.6) is 0 Å². The predicted molar refractivity (Wildman–Crippen MR) is 95.7 cm³/mol. The van der Waals surface area contributed by atoms with Gasteiger partial charge in [-0.3, -0.25) is 9.69 Å². The number of benzene rings is 1. The Labute approximate surface area is 147 Å². The van der Waals surface area contributed by atoms with E-state index in [2.05, 4.69) is 4.90 Å². The summed E-state index contributed by atoms with van der Waals surface area (Å²) in [5.41, 5.74) is 3.30.